The van der Waals surface area contributed by atoms with Crippen molar-refractivity contribution in [1.29, 1.82) is 0 Å². The Hall–Kier alpha value is -2.88. The first-order valence-electron chi connectivity index (χ1n) is 7.39. The van der Waals surface area contributed by atoms with Gasteiger partial charge < -0.3 is 14.8 Å². The second-order valence-corrected chi connectivity index (χ2v) is 5.32. The van der Waals surface area contributed by atoms with Gasteiger partial charge in [-0.15, -0.1) is 0 Å². The molecule has 0 bridgehead atoms. The lowest BCUT2D eigenvalue weighted by Crippen LogP contribution is -2.30. The molecule has 0 saturated carbocycles. The highest BCUT2D eigenvalue weighted by Crippen LogP contribution is 2.35. The summed E-state index contributed by atoms with van der Waals surface area (Å²) in [6.45, 7) is 1.94. The van der Waals surface area contributed by atoms with Crippen LogP contribution in [-0.2, 0) is 14.3 Å². The van der Waals surface area contributed by atoms with Crippen LogP contribution in [0.3, 0.4) is 0 Å². The molecule has 0 spiro atoms. The van der Waals surface area contributed by atoms with Crippen molar-refractivity contribution in [3.63, 3.8) is 0 Å². The number of allylic oxidation sites excluding steroid dienone is 1. The molecule has 1 N–H and O–H groups in total. The van der Waals surface area contributed by atoms with Crippen molar-refractivity contribution in [2.75, 3.05) is 25.6 Å². The highest BCUT2D eigenvalue weighted by atomic mass is 19.2. The first-order valence-corrected chi connectivity index (χ1v) is 7.39. The molecule has 1 atom stereocenters. The normalized spacial score (nSPS) is 16.4. The van der Waals surface area contributed by atoms with E-state index in [1.165, 1.54) is 17.9 Å². The Morgan fingerprint density at radius 3 is 2.84 bits per heavy atom. The summed E-state index contributed by atoms with van der Waals surface area (Å²) in [6.07, 6.45) is 0. The number of carbonyl (C=O) groups excluding carboxylic acids is 1. The predicted octanol–water partition coefficient (Wildman–Crippen LogP) is 1.43. The number of halogens is 2. The molecule has 10 heteroatoms. The predicted molar refractivity (Wildman–Crippen MR) is 81.5 cm³/mol. The van der Waals surface area contributed by atoms with Gasteiger partial charge in [-0.2, -0.15) is 4.68 Å². The summed E-state index contributed by atoms with van der Waals surface area (Å²) < 4.78 is 38.3. The lowest BCUT2D eigenvalue weighted by atomic mass is 9.95. The molecule has 1 aromatic heterocycles. The third-order valence-electron chi connectivity index (χ3n) is 3.71. The van der Waals surface area contributed by atoms with Gasteiger partial charge in [-0.3, -0.25) is 0 Å². The quantitative estimate of drug-likeness (QED) is 0.644. The topological polar surface area (TPSA) is 91.2 Å². The van der Waals surface area contributed by atoms with Crippen LogP contribution in [0.2, 0.25) is 0 Å². The van der Waals surface area contributed by atoms with Gasteiger partial charge in [-0.05, 0) is 35.0 Å². The van der Waals surface area contributed by atoms with Crippen molar-refractivity contribution < 1.29 is 23.0 Å². The summed E-state index contributed by atoms with van der Waals surface area (Å²) in [6, 6.07) is 2.51. The van der Waals surface area contributed by atoms with E-state index < -0.39 is 23.6 Å². The minimum absolute atomic E-state index is 0.0546. The fraction of sp³-hybridized carbons (Fsp3) is 0.333. The molecular weight excluding hydrogens is 336 g/mol. The second kappa shape index (κ2) is 6.93. The Bertz CT molecular complexity index is 836. The third-order valence-corrected chi connectivity index (χ3v) is 3.71. The monoisotopic (exact) mass is 351 g/mol. The maximum absolute atomic E-state index is 13.7. The van der Waals surface area contributed by atoms with Crippen molar-refractivity contribution >= 4 is 11.9 Å². The van der Waals surface area contributed by atoms with Gasteiger partial charge in [0.15, 0.2) is 11.6 Å². The first kappa shape index (κ1) is 17.0. The lowest BCUT2D eigenvalue weighted by molar-refractivity contribution is -0.140. The average molecular weight is 351 g/mol. The second-order valence-electron chi connectivity index (χ2n) is 5.32. The Balaban J connectivity index is 2.03. The SMILES string of the molecule is COCCOC(=O)C1=C(C)Nc2nnnn2[C@@H]1c1ccc(F)c(F)c1. The molecule has 0 fully saturated rings. The molecule has 1 aliphatic rings. The average Bonchev–Trinajstić information content (AvgIpc) is 3.04. The van der Waals surface area contributed by atoms with Crippen LogP contribution in [-0.4, -0.2) is 46.5 Å². The van der Waals surface area contributed by atoms with E-state index in [1.54, 1.807) is 6.92 Å². The smallest absolute Gasteiger partial charge is 0.338 e. The number of esters is 1. The number of hydrogen-bond acceptors (Lipinski definition) is 7. The molecule has 25 heavy (non-hydrogen) atoms. The number of nitrogens with zero attached hydrogens (tertiary/aromatic N) is 4. The van der Waals surface area contributed by atoms with Crippen LogP contribution in [0.25, 0.3) is 0 Å². The van der Waals surface area contributed by atoms with E-state index in [1.807, 2.05) is 0 Å². The molecule has 8 nitrogen and oxygen atoms in total. The molecule has 132 valence electrons. The number of aromatic nitrogens is 4. The maximum atomic E-state index is 13.7. The Labute approximate surface area is 141 Å². The zero-order chi connectivity index (χ0) is 18.0. The molecule has 0 saturated heterocycles. The molecule has 2 heterocycles. The van der Waals surface area contributed by atoms with Crippen LogP contribution in [0, 0.1) is 11.6 Å². The van der Waals surface area contributed by atoms with Gasteiger partial charge >= 0.3 is 5.97 Å². The van der Waals surface area contributed by atoms with Gasteiger partial charge in [0, 0.05) is 12.8 Å². The van der Waals surface area contributed by atoms with Gasteiger partial charge in [0.25, 0.3) is 0 Å². The van der Waals surface area contributed by atoms with Crippen molar-refractivity contribution in [2.45, 2.75) is 13.0 Å². The number of carbonyl (C=O) groups is 1. The van der Waals surface area contributed by atoms with Crippen molar-refractivity contribution in [2.24, 2.45) is 0 Å². The number of methoxy groups -OCH3 is 1. The zero-order valence-corrected chi connectivity index (χ0v) is 13.5. The minimum Gasteiger partial charge on any atom is -0.460 e. The summed E-state index contributed by atoms with van der Waals surface area (Å²) >= 11 is 0. The highest BCUT2D eigenvalue weighted by molar-refractivity contribution is 5.92. The van der Waals surface area contributed by atoms with Gasteiger partial charge in [0.1, 0.15) is 12.6 Å². The molecule has 0 unspecified atom stereocenters. The van der Waals surface area contributed by atoms with E-state index in [-0.39, 0.29) is 24.7 Å². The van der Waals surface area contributed by atoms with Crippen LogP contribution >= 0.6 is 0 Å². The number of rotatable bonds is 5. The number of hydrogen-bond donors (Lipinski definition) is 1. The van der Waals surface area contributed by atoms with E-state index in [2.05, 4.69) is 20.8 Å². The van der Waals surface area contributed by atoms with E-state index in [4.69, 9.17) is 9.47 Å². The molecule has 0 aliphatic carbocycles. The van der Waals surface area contributed by atoms with E-state index in [0.717, 1.165) is 12.1 Å². The number of ether oxygens (including phenoxy) is 2. The Kier molecular flexibility index (Phi) is 4.70. The van der Waals surface area contributed by atoms with E-state index >= 15 is 0 Å². The van der Waals surface area contributed by atoms with Crippen molar-refractivity contribution in [3.8, 4) is 0 Å². The van der Waals surface area contributed by atoms with Crippen molar-refractivity contribution in [1.82, 2.24) is 20.2 Å². The molecule has 0 amide bonds. The minimum atomic E-state index is -1.03. The summed E-state index contributed by atoms with van der Waals surface area (Å²) in [7, 11) is 1.48. The van der Waals surface area contributed by atoms with Crippen LogP contribution < -0.4 is 5.32 Å². The summed E-state index contributed by atoms with van der Waals surface area (Å²) in [5.74, 6) is -2.37. The standard InChI is InChI=1S/C15H15F2N5O3/c1-8-12(14(23)25-6-5-24-2)13(22-15(18-8)19-20-21-22)9-3-4-10(16)11(17)7-9/h3-4,7,13H,5-6H2,1-2H3,(H,18,19,21)/t13-/m1/s1. The third kappa shape index (κ3) is 3.20. The summed E-state index contributed by atoms with van der Waals surface area (Å²) in [4.78, 5) is 12.5. The summed E-state index contributed by atoms with van der Waals surface area (Å²) in [5.41, 5.74) is 0.966. The zero-order valence-electron chi connectivity index (χ0n) is 13.5. The van der Waals surface area contributed by atoms with Crippen LogP contribution in [0.1, 0.15) is 18.5 Å². The van der Waals surface area contributed by atoms with Crippen molar-refractivity contribution in [3.05, 3.63) is 46.7 Å². The number of tetrazole rings is 1. The lowest BCUT2D eigenvalue weighted by Gasteiger charge is -2.27. The number of anilines is 1. The van der Waals surface area contributed by atoms with Gasteiger partial charge in [0.05, 0.1) is 12.2 Å². The van der Waals surface area contributed by atoms with Gasteiger partial charge in [0.2, 0.25) is 5.95 Å². The van der Waals surface area contributed by atoms with Gasteiger partial charge in [-0.1, -0.05) is 11.2 Å². The Morgan fingerprint density at radius 1 is 1.32 bits per heavy atom. The highest BCUT2D eigenvalue weighted by Gasteiger charge is 2.35. The van der Waals surface area contributed by atoms with Crippen LogP contribution in [0.5, 0.6) is 0 Å². The molecule has 0 radical (unpaired) electrons. The fourth-order valence-electron chi connectivity index (χ4n) is 2.56. The van der Waals surface area contributed by atoms with Crippen LogP contribution in [0.4, 0.5) is 14.7 Å². The van der Waals surface area contributed by atoms with E-state index in [0.29, 0.717) is 11.3 Å². The molecule has 3 rings (SSSR count). The number of fused-ring (bicyclic) bond motifs is 1. The largest absolute Gasteiger partial charge is 0.460 e. The van der Waals surface area contributed by atoms with Crippen LogP contribution in [0.15, 0.2) is 29.5 Å². The van der Waals surface area contributed by atoms with Gasteiger partial charge in [-0.25, -0.2) is 13.6 Å². The fourth-order valence-corrected chi connectivity index (χ4v) is 2.56. The molecule has 1 aromatic carbocycles. The molecular formula is C15H15F2N5O3. The molecule has 1 aliphatic heterocycles. The first-order chi connectivity index (χ1) is 12.0. The maximum Gasteiger partial charge on any atom is 0.338 e. The number of nitrogens with one attached hydrogen (secondary N) is 1. The Morgan fingerprint density at radius 2 is 2.12 bits per heavy atom. The summed E-state index contributed by atoms with van der Waals surface area (Å²) in [5, 5.41) is 14.1. The molecule has 2 aromatic rings. The van der Waals surface area contributed by atoms with E-state index in [9.17, 15) is 13.6 Å². The number of benzene rings is 1.